The normalized spacial score (nSPS) is 14.9. The van der Waals surface area contributed by atoms with Gasteiger partial charge in [0.1, 0.15) is 5.82 Å². The van der Waals surface area contributed by atoms with E-state index in [0.717, 1.165) is 22.3 Å². The van der Waals surface area contributed by atoms with Gasteiger partial charge >= 0.3 is 0 Å². The number of carbonyl (C=O) groups excluding carboxylic acids is 1. The standard InChI is InChI=1S/C29H25N5O3/c1-31(2)29-24(18-30)23(17-26(35)19-9-5-4-6-10-19)27-28(22-11-7-8-12-25(22)32(27)3)33(29)20-13-15-21(16-14-20)34(36)37/h4-16,23H,17H2,1-3H3/t23-/m0/s1. The van der Waals surface area contributed by atoms with Crippen LogP contribution in [0, 0.1) is 21.4 Å². The zero-order valence-electron chi connectivity index (χ0n) is 20.8. The van der Waals surface area contributed by atoms with Crippen LogP contribution in [0.1, 0.15) is 28.4 Å². The summed E-state index contributed by atoms with van der Waals surface area (Å²) in [5.74, 6) is 0.110. The number of nitro benzene ring substituents is 1. The Morgan fingerprint density at radius 1 is 1.03 bits per heavy atom. The average molecular weight is 492 g/mol. The van der Waals surface area contributed by atoms with E-state index in [1.807, 2.05) is 73.4 Å². The van der Waals surface area contributed by atoms with Crippen LogP contribution in [-0.2, 0) is 7.05 Å². The van der Waals surface area contributed by atoms with Crippen molar-refractivity contribution in [2.75, 3.05) is 19.0 Å². The predicted molar refractivity (Wildman–Crippen MR) is 143 cm³/mol. The van der Waals surface area contributed by atoms with E-state index in [0.29, 0.717) is 22.6 Å². The van der Waals surface area contributed by atoms with E-state index in [4.69, 9.17) is 0 Å². The number of carbonyl (C=O) groups is 1. The Labute approximate surface area is 214 Å². The highest BCUT2D eigenvalue weighted by Gasteiger charge is 2.40. The van der Waals surface area contributed by atoms with Crippen molar-refractivity contribution in [3.05, 3.63) is 112 Å². The van der Waals surface area contributed by atoms with Gasteiger partial charge in [-0.15, -0.1) is 0 Å². The van der Waals surface area contributed by atoms with Crippen LogP contribution in [0.5, 0.6) is 0 Å². The molecule has 4 aromatic rings. The maximum atomic E-state index is 13.4. The molecule has 0 N–H and O–H groups in total. The molecule has 0 spiro atoms. The van der Waals surface area contributed by atoms with Crippen molar-refractivity contribution in [2.45, 2.75) is 12.3 Å². The number of anilines is 2. The van der Waals surface area contributed by atoms with Crippen molar-refractivity contribution >= 4 is 33.7 Å². The minimum absolute atomic E-state index is 0.0128. The molecular formula is C29H25N5O3. The number of hydrogen-bond donors (Lipinski definition) is 0. The summed E-state index contributed by atoms with van der Waals surface area (Å²) in [5.41, 5.74) is 4.42. The summed E-state index contributed by atoms with van der Waals surface area (Å²) in [6.45, 7) is 0. The first-order chi connectivity index (χ1) is 17.8. The number of para-hydroxylation sites is 1. The van der Waals surface area contributed by atoms with Gasteiger partial charge in [0, 0.05) is 62.3 Å². The Kier molecular flexibility index (Phi) is 5.98. The van der Waals surface area contributed by atoms with Gasteiger partial charge in [0.2, 0.25) is 0 Å². The van der Waals surface area contributed by atoms with Crippen LogP contribution in [0.3, 0.4) is 0 Å². The van der Waals surface area contributed by atoms with Crippen molar-refractivity contribution in [2.24, 2.45) is 7.05 Å². The topological polar surface area (TPSA) is 95.4 Å². The van der Waals surface area contributed by atoms with E-state index >= 15 is 0 Å². The number of benzene rings is 3. The van der Waals surface area contributed by atoms with E-state index in [-0.39, 0.29) is 17.9 Å². The van der Waals surface area contributed by atoms with Crippen LogP contribution < -0.4 is 4.90 Å². The Hall–Kier alpha value is -4.90. The summed E-state index contributed by atoms with van der Waals surface area (Å²) in [4.78, 5) is 28.1. The zero-order chi connectivity index (χ0) is 26.3. The molecule has 0 aliphatic carbocycles. The first-order valence-electron chi connectivity index (χ1n) is 11.8. The molecule has 8 nitrogen and oxygen atoms in total. The number of aryl methyl sites for hydroxylation is 1. The highest BCUT2D eigenvalue weighted by molar-refractivity contribution is 6.02. The number of non-ortho nitro benzene ring substituents is 1. The number of nitro groups is 1. The summed E-state index contributed by atoms with van der Waals surface area (Å²) in [6, 6.07) is 25.8. The fourth-order valence-electron chi connectivity index (χ4n) is 5.22. The lowest BCUT2D eigenvalue weighted by Crippen LogP contribution is -2.35. The van der Waals surface area contributed by atoms with Gasteiger partial charge in [0.25, 0.3) is 5.69 Å². The lowest BCUT2D eigenvalue weighted by Gasteiger charge is -2.39. The molecule has 0 radical (unpaired) electrons. The van der Waals surface area contributed by atoms with Crippen LogP contribution in [0.2, 0.25) is 0 Å². The molecule has 1 aromatic heterocycles. The van der Waals surface area contributed by atoms with Gasteiger partial charge in [-0.1, -0.05) is 48.5 Å². The molecule has 2 heterocycles. The average Bonchev–Trinajstić information content (AvgIpc) is 3.21. The van der Waals surface area contributed by atoms with Crippen LogP contribution in [-0.4, -0.2) is 34.3 Å². The second-order valence-electron chi connectivity index (χ2n) is 9.21. The van der Waals surface area contributed by atoms with Crippen LogP contribution >= 0.6 is 0 Å². The second kappa shape index (κ2) is 9.28. The molecule has 8 heteroatoms. The number of aromatic nitrogens is 1. The van der Waals surface area contributed by atoms with Crippen molar-refractivity contribution < 1.29 is 9.72 Å². The first kappa shape index (κ1) is 23.8. The number of nitrogens with zero attached hydrogens (tertiary/aromatic N) is 5. The van der Waals surface area contributed by atoms with Crippen LogP contribution in [0.4, 0.5) is 17.1 Å². The maximum absolute atomic E-state index is 13.4. The molecule has 3 aromatic carbocycles. The van der Waals surface area contributed by atoms with Gasteiger partial charge in [0.15, 0.2) is 5.78 Å². The smallest absolute Gasteiger partial charge is 0.269 e. The number of rotatable bonds is 6. The monoisotopic (exact) mass is 491 g/mol. The molecular weight excluding hydrogens is 466 g/mol. The summed E-state index contributed by atoms with van der Waals surface area (Å²) in [5, 5.41) is 22.7. The largest absolute Gasteiger partial charge is 0.363 e. The summed E-state index contributed by atoms with van der Waals surface area (Å²) in [7, 11) is 5.67. The van der Waals surface area contributed by atoms with Crippen molar-refractivity contribution in [3.8, 4) is 6.07 Å². The molecule has 0 amide bonds. The molecule has 0 unspecified atom stereocenters. The Morgan fingerprint density at radius 2 is 1.68 bits per heavy atom. The van der Waals surface area contributed by atoms with Crippen molar-refractivity contribution in [1.82, 2.24) is 9.47 Å². The number of fused-ring (bicyclic) bond motifs is 3. The first-order valence-corrected chi connectivity index (χ1v) is 11.8. The molecule has 1 aliphatic heterocycles. The highest BCUT2D eigenvalue weighted by atomic mass is 16.6. The second-order valence-corrected chi connectivity index (χ2v) is 9.21. The lowest BCUT2D eigenvalue weighted by atomic mass is 9.85. The SMILES string of the molecule is CN(C)C1=C(C#N)[C@H](CC(=O)c2ccccc2)c2c(c3ccccc3n2C)N1c1ccc([N+](=O)[O-])cc1. The molecule has 184 valence electrons. The van der Waals surface area contributed by atoms with E-state index in [1.165, 1.54) is 12.1 Å². The minimum Gasteiger partial charge on any atom is -0.363 e. The van der Waals surface area contributed by atoms with E-state index in [2.05, 4.69) is 10.6 Å². The summed E-state index contributed by atoms with van der Waals surface area (Å²) < 4.78 is 2.05. The molecule has 1 aliphatic rings. The number of nitriles is 1. The lowest BCUT2D eigenvalue weighted by molar-refractivity contribution is -0.384. The molecule has 0 bridgehead atoms. The van der Waals surface area contributed by atoms with Gasteiger partial charge < -0.3 is 9.47 Å². The van der Waals surface area contributed by atoms with Gasteiger partial charge in [-0.05, 0) is 18.2 Å². The Balaban J connectivity index is 1.79. The molecule has 0 saturated heterocycles. The zero-order valence-corrected chi connectivity index (χ0v) is 20.8. The van der Waals surface area contributed by atoms with Gasteiger partial charge in [-0.25, -0.2) is 0 Å². The molecule has 1 atom stereocenters. The van der Waals surface area contributed by atoms with Gasteiger partial charge in [0.05, 0.1) is 33.5 Å². The van der Waals surface area contributed by atoms with Crippen LogP contribution in [0.25, 0.3) is 10.9 Å². The van der Waals surface area contributed by atoms with Gasteiger partial charge in [-0.2, -0.15) is 5.26 Å². The summed E-state index contributed by atoms with van der Waals surface area (Å²) in [6.07, 6.45) is 0.134. The quantitative estimate of drug-likeness (QED) is 0.190. The third-order valence-corrected chi connectivity index (χ3v) is 6.83. The van der Waals surface area contributed by atoms with Crippen LogP contribution in [0.15, 0.2) is 90.3 Å². The number of ketones is 1. The summed E-state index contributed by atoms with van der Waals surface area (Å²) >= 11 is 0. The van der Waals surface area contributed by atoms with Gasteiger partial charge in [-0.3, -0.25) is 19.8 Å². The molecule has 37 heavy (non-hydrogen) atoms. The van der Waals surface area contributed by atoms with E-state index < -0.39 is 10.8 Å². The van der Waals surface area contributed by atoms with E-state index in [1.54, 1.807) is 24.3 Å². The predicted octanol–water partition coefficient (Wildman–Crippen LogP) is 5.89. The fraction of sp³-hybridized carbons (Fsp3) is 0.172. The minimum atomic E-state index is -0.475. The maximum Gasteiger partial charge on any atom is 0.269 e. The molecule has 5 rings (SSSR count). The number of Topliss-reactive ketones (excluding diaryl/α,β-unsaturated/α-hetero) is 1. The third-order valence-electron chi connectivity index (χ3n) is 6.83. The van der Waals surface area contributed by atoms with Crippen molar-refractivity contribution in [1.29, 1.82) is 5.26 Å². The Bertz CT molecular complexity index is 1590. The highest BCUT2D eigenvalue weighted by Crippen LogP contribution is 2.51. The van der Waals surface area contributed by atoms with E-state index in [9.17, 15) is 20.2 Å². The number of hydrogen-bond acceptors (Lipinski definition) is 6. The fourth-order valence-corrected chi connectivity index (χ4v) is 5.22. The third kappa shape index (κ3) is 3.91. The number of allylic oxidation sites excluding steroid dienone is 1. The Morgan fingerprint density at radius 3 is 2.30 bits per heavy atom. The van der Waals surface area contributed by atoms with Crippen molar-refractivity contribution in [3.63, 3.8) is 0 Å². The molecule has 0 saturated carbocycles. The molecule has 0 fully saturated rings.